The summed E-state index contributed by atoms with van der Waals surface area (Å²) in [6.45, 7) is 0. The van der Waals surface area contributed by atoms with Gasteiger partial charge in [0.25, 0.3) is 0 Å². The molecule has 0 aromatic carbocycles. The van der Waals surface area contributed by atoms with Crippen LogP contribution in [0.3, 0.4) is 0 Å². The molecule has 0 unspecified atom stereocenters. The maximum atomic E-state index is 10.9. The number of furan rings is 1. The Morgan fingerprint density at radius 3 is 2.91 bits per heavy atom. The molecule has 1 rings (SSSR count). The number of alkyl halides is 1. The molecule has 0 aliphatic rings. The Morgan fingerprint density at radius 2 is 2.45 bits per heavy atom. The van der Waals surface area contributed by atoms with Crippen molar-refractivity contribution < 1.29 is 13.9 Å². The molecule has 0 amide bonds. The number of esters is 1. The highest BCUT2D eigenvalue weighted by Crippen LogP contribution is 2.10. The molecule has 2 N–H and O–H groups in total. The van der Waals surface area contributed by atoms with Crippen LogP contribution in [0.1, 0.15) is 10.6 Å². The first-order valence-corrected chi connectivity index (χ1v) is 4.35. The fraction of sp³-hybridized carbons (Fsp3) is 0.167. The van der Waals surface area contributed by atoms with E-state index < -0.39 is 5.97 Å². The van der Waals surface area contributed by atoms with Gasteiger partial charge in [-0.25, -0.2) is 4.79 Å². The Bertz CT molecular complexity index is 258. The van der Waals surface area contributed by atoms with Crippen molar-refractivity contribution in [2.45, 2.75) is 0 Å². The maximum absolute atomic E-state index is 10.9. The Balaban J connectivity index is 2.69. The number of ether oxygens (including phenoxy) is 1. The van der Waals surface area contributed by atoms with Crippen molar-refractivity contribution in [2.75, 3.05) is 10.3 Å². The molecule has 5 heteroatoms. The van der Waals surface area contributed by atoms with E-state index in [-0.39, 0.29) is 11.6 Å². The molecule has 60 valence electrons. The van der Waals surface area contributed by atoms with Crippen LogP contribution in [0.4, 0.5) is 5.88 Å². The van der Waals surface area contributed by atoms with Crippen LogP contribution >= 0.6 is 22.6 Å². The molecule has 0 aliphatic heterocycles. The number of nitrogens with two attached hydrogens (primary N) is 1. The third-order valence-corrected chi connectivity index (χ3v) is 1.33. The van der Waals surface area contributed by atoms with Crippen LogP contribution in [0.5, 0.6) is 0 Å². The first-order chi connectivity index (χ1) is 5.24. The van der Waals surface area contributed by atoms with Crippen molar-refractivity contribution >= 4 is 34.4 Å². The van der Waals surface area contributed by atoms with Crippen LogP contribution in [0, 0.1) is 0 Å². The van der Waals surface area contributed by atoms with Gasteiger partial charge in [-0.05, 0) is 28.7 Å². The molecule has 11 heavy (non-hydrogen) atoms. The molecular weight excluding hydrogens is 261 g/mol. The Kier molecular flexibility index (Phi) is 2.75. The number of nitrogen functional groups attached to an aromatic ring is 1. The lowest BCUT2D eigenvalue weighted by molar-refractivity contribution is 0.0556. The number of rotatable bonds is 2. The van der Waals surface area contributed by atoms with Crippen molar-refractivity contribution in [2.24, 2.45) is 0 Å². The van der Waals surface area contributed by atoms with Crippen LogP contribution < -0.4 is 5.73 Å². The summed E-state index contributed by atoms with van der Waals surface area (Å²) in [5, 5.41) is 0. The van der Waals surface area contributed by atoms with Crippen LogP contribution in [0.2, 0.25) is 0 Å². The van der Waals surface area contributed by atoms with Crippen molar-refractivity contribution in [1.29, 1.82) is 0 Å². The summed E-state index contributed by atoms with van der Waals surface area (Å²) in [5.74, 6) is -0.138. The van der Waals surface area contributed by atoms with E-state index in [1.54, 1.807) is 0 Å². The summed E-state index contributed by atoms with van der Waals surface area (Å²) in [7, 11) is 0. The maximum Gasteiger partial charge on any atom is 0.375 e. The third kappa shape index (κ3) is 2.11. The van der Waals surface area contributed by atoms with Gasteiger partial charge in [-0.2, -0.15) is 0 Å². The fourth-order valence-corrected chi connectivity index (χ4v) is 0.866. The van der Waals surface area contributed by atoms with Gasteiger partial charge in [-0.3, -0.25) is 0 Å². The van der Waals surface area contributed by atoms with E-state index >= 15 is 0 Å². The van der Waals surface area contributed by atoms with Crippen LogP contribution in [0.25, 0.3) is 0 Å². The van der Waals surface area contributed by atoms with Crippen molar-refractivity contribution in [3.63, 3.8) is 0 Å². The standard InChI is InChI=1S/C6H6INO3/c7-3-10-6(9)4-1-2-5(8)11-4/h1-2H,3,8H2. The van der Waals surface area contributed by atoms with Gasteiger partial charge in [0, 0.05) is 6.07 Å². The monoisotopic (exact) mass is 267 g/mol. The summed E-state index contributed by atoms with van der Waals surface area (Å²) in [6.07, 6.45) is 0. The van der Waals surface area contributed by atoms with Crippen molar-refractivity contribution in [1.82, 2.24) is 0 Å². The van der Waals surface area contributed by atoms with E-state index in [0.29, 0.717) is 4.61 Å². The summed E-state index contributed by atoms with van der Waals surface area (Å²) < 4.78 is 9.74. The number of hydrogen-bond acceptors (Lipinski definition) is 4. The molecule has 0 radical (unpaired) electrons. The average Bonchev–Trinajstić information content (AvgIpc) is 2.36. The van der Waals surface area contributed by atoms with E-state index in [1.165, 1.54) is 12.1 Å². The Labute approximate surface area is 76.8 Å². The number of carbonyl (C=O) groups is 1. The zero-order valence-corrected chi connectivity index (χ0v) is 7.70. The number of anilines is 1. The van der Waals surface area contributed by atoms with E-state index in [0.717, 1.165) is 0 Å². The SMILES string of the molecule is Nc1ccc(C(=O)OCI)o1. The highest BCUT2D eigenvalue weighted by Gasteiger charge is 2.09. The molecule has 1 aromatic heterocycles. The normalized spacial score (nSPS) is 9.55. The topological polar surface area (TPSA) is 65.5 Å². The van der Waals surface area contributed by atoms with Crippen molar-refractivity contribution in [3.05, 3.63) is 17.9 Å². The smallest absolute Gasteiger partial charge is 0.375 e. The highest BCUT2D eigenvalue weighted by molar-refractivity contribution is 14.1. The van der Waals surface area contributed by atoms with Gasteiger partial charge in [0.2, 0.25) is 5.76 Å². The first-order valence-electron chi connectivity index (χ1n) is 2.82. The lowest BCUT2D eigenvalue weighted by Crippen LogP contribution is -2.01. The van der Waals surface area contributed by atoms with E-state index in [4.69, 9.17) is 10.2 Å². The predicted molar refractivity (Wildman–Crippen MR) is 47.4 cm³/mol. The summed E-state index contributed by atoms with van der Waals surface area (Å²) in [4.78, 5) is 10.9. The van der Waals surface area contributed by atoms with Crippen molar-refractivity contribution in [3.8, 4) is 0 Å². The number of halogens is 1. The second kappa shape index (κ2) is 3.61. The molecule has 0 fully saturated rings. The van der Waals surface area contributed by atoms with Crippen LogP contribution in [0.15, 0.2) is 16.5 Å². The predicted octanol–water partition coefficient (Wildman–Crippen LogP) is 1.41. The van der Waals surface area contributed by atoms with Crippen LogP contribution in [-0.4, -0.2) is 10.6 Å². The Morgan fingerprint density at radius 1 is 1.73 bits per heavy atom. The minimum Gasteiger partial charge on any atom is -0.449 e. The quantitative estimate of drug-likeness (QED) is 0.500. The second-order valence-electron chi connectivity index (χ2n) is 1.74. The molecule has 1 heterocycles. The fourth-order valence-electron chi connectivity index (χ4n) is 0.583. The highest BCUT2D eigenvalue weighted by atomic mass is 127. The van der Waals surface area contributed by atoms with Gasteiger partial charge < -0.3 is 14.9 Å². The van der Waals surface area contributed by atoms with E-state index in [2.05, 4.69) is 4.74 Å². The number of carbonyl (C=O) groups excluding carboxylic acids is 1. The summed E-state index contributed by atoms with van der Waals surface area (Å²) in [6, 6.07) is 2.98. The van der Waals surface area contributed by atoms with Crippen LogP contribution in [-0.2, 0) is 4.74 Å². The van der Waals surface area contributed by atoms with Gasteiger partial charge in [0.05, 0.1) is 0 Å². The molecule has 0 bridgehead atoms. The summed E-state index contributed by atoms with van der Waals surface area (Å²) in [5.41, 5.74) is 5.24. The minimum absolute atomic E-state index is 0.138. The molecule has 1 aromatic rings. The lowest BCUT2D eigenvalue weighted by atomic mass is 10.5. The largest absolute Gasteiger partial charge is 0.449 e. The molecular formula is C6H6INO3. The molecule has 4 nitrogen and oxygen atoms in total. The second-order valence-corrected chi connectivity index (χ2v) is 2.37. The summed E-state index contributed by atoms with van der Waals surface area (Å²) >= 11 is 1.92. The zero-order valence-electron chi connectivity index (χ0n) is 5.54. The zero-order chi connectivity index (χ0) is 8.27. The average molecular weight is 267 g/mol. The van der Waals surface area contributed by atoms with Gasteiger partial charge in [0.1, 0.15) is 4.61 Å². The molecule has 0 saturated carbocycles. The molecule has 0 atom stereocenters. The van der Waals surface area contributed by atoms with E-state index in [9.17, 15) is 4.79 Å². The third-order valence-electron chi connectivity index (χ3n) is 1.01. The van der Waals surface area contributed by atoms with E-state index in [1.807, 2.05) is 22.6 Å². The van der Waals surface area contributed by atoms with Gasteiger partial charge >= 0.3 is 5.97 Å². The minimum atomic E-state index is -0.490. The van der Waals surface area contributed by atoms with Gasteiger partial charge in [0.15, 0.2) is 5.88 Å². The molecule has 0 aliphatic carbocycles. The molecule has 0 spiro atoms. The number of hydrogen-bond donors (Lipinski definition) is 1. The first kappa shape index (κ1) is 8.38. The molecule has 0 saturated heterocycles. The lowest BCUT2D eigenvalue weighted by Gasteiger charge is -1.94. The van der Waals surface area contributed by atoms with Gasteiger partial charge in [-0.15, -0.1) is 0 Å². The van der Waals surface area contributed by atoms with Gasteiger partial charge in [-0.1, -0.05) is 0 Å². The Hall–Kier alpha value is -0.720.